The third-order valence-electron chi connectivity index (χ3n) is 3.67. The molecule has 1 aliphatic rings. The highest BCUT2D eigenvalue weighted by molar-refractivity contribution is 6.31. The molecule has 0 fully saturated rings. The van der Waals surface area contributed by atoms with E-state index < -0.39 is 0 Å². The van der Waals surface area contributed by atoms with E-state index in [2.05, 4.69) is 45.5 Å². The summed E-state index contributed by atoms with van der Waals surface area (Å²) >= 11 is 6.19. The minimum atomic E-state index is 0.716. The highest BCUT2D eigenvalue weighted by Crippen LogP contribution is 2.33. The fourth-order valence-electron chi connectivity index (χ4n) is 2.71. The van der Waals surface area contributed by atoms with Gasteiger partial charge in [-0.2, -0.15) is 0 Å². The van der Waals surface area contributed by atoms with Crippen LogP contribution in [0.15, 0.2) is 36.5 Å². The molecule has 1 aliphatic heterocycles. The molecule has 0 atom stereocenters. The first kappa shape index (κ1) is 13.4. The van der Waals surface area contributed by atoms with Gasteiger partial charge in [-0.3, -0.25) is 0 Å². The van der Waals surface area contributed by atoms with Gasteiger partial charge < -0.3 is 10.2 Å². The smallest absolute Gasteiger partial charge is 0.133 e. The number of nitrogens with one attached hydrogen (secondary N) is 1. The second-order valence-corrected chi connectivity index (χ2v) is 5.46. The van der Waals surface area contributed by atoms with Crippen molar-refractivity contribution >= 4 is 23.1 Å². The molecule has 104 valence electrons. The van der Waals surface area contributed by atoms with Crippen LogP contribution in [0.5, 0.6) is 0 Å². The lowest BCUT2D eigenvalue weighted by molar-refractivity contribution is 0.757. The zero-order chi connectivity index (χ0) is 13.9. The summed E-state index contributed by atoms with van der Waals surface area (Å²) in [4.78, 5) is 6.80. The standard InChI is InChI=1S/C16H18ClN3/c1-18-10-13-9-16(19-11-14(13)17)20-8-4-6-12-5-2-3-7-15(12)20/h2-3,5,7,9,11,18H,4,6,8,10H2,1H3. The Morgan fingerprint density at radius 1 is 1.35 bits per heavy atom. The molecule has 0 radical (unpaired) electrons. The Kier molecular flexibility index (Phi) is 3.90. The number of aromatic nitrogens is 1. The van der Waals surface area contributed by atoms with Gasteiger partial charge in [0, 0.05) is 25.0 Å². The van der Waals surface area contributed by atoms with Gasteiger partial charge in [-0.1, -0.05) is 29.8 Å². The predicted molar refractivity (Wildman–Crippen MR) is 83.8 cm³/mol. The molecule has 1 aromatic carbocycles. The number of rotatable bonds is 3. The lowest BCUT2D eigenvalue weighted by Crippen LogP contribution is -2.25. The Morgan fingerprint density at radius 2 is 2.20 bits per heavy atom. The molecule has 0 unspecified atom stereocenters. The maximum atomic E-state index is 6.19. The molecule has 0 bridgehead atoms. The van der Waals surface area contributed by atoms with E-state index >= 15 is 0 Å². The summed E-state index contributed by atoms with van der Waals surface area (Å²) in [6, 6.07) is 10.6. The molecule has 20 heavy (non-hydrogen) atoms. The molecule has 3 rings (SSSR count). The molecule has 0 spiro atoms. The molecule has 2 heterocycles. The molecule has 4 heteroatoms. The van der Waals surface area contributed by atoms with Crippen molar-refractivity contribution in [2.45, 2.75) is 19.4 Å². The zero-order valence-electron chi connectivity index (χ0n) is 11.6. The van der Waals surface area contributed by atoms with E-state index in [1.165, 1.54) is 11.3 Å². The molecule has 2 aromatic rings. The van der Waals surface area contributed by atoms with Crippen LogP contribution < -0.4 is 10.2 Å². The zero-order valence-corrected chi connectivity index (χ0v) is 12.3. The summed E-state index contributed by atoms with van der Waals surface area (Å²) in [6.07, 6.45) is 4.05. The minimum Gasteiger partial charge on any atom is -0.326 e. The Morgan fingerprint density at radius 3 is 3.05 bits per heavy atom. The summed E-state index contributed by atoms with van der Waals surface area (Å²) in [5.41, 5.74) is 3.75. The van der Waals surface area contributed by atoms with Crippen LogP contribution in [-0.4, -0.2) is 18.6 Å². The fraction of sp³-hybridized carbons (Fsp3) is 0.312. The van der Waals surface area contributed by atoms with Crippen LogP contribution >= 0.6 is 11.6 Å². The maximum Gasteiger partial charge on any atom is 0.133 e. The van der Waals surface area contributed by atoms with Crippen molar-refractivity contribution in [3.05, 3.63) is 52.7 Å². The van der Waals surface area contributed by atoms with Crippen molar-refractivity contribution in [3.63, 3.8) is 0 Å². The molecule has 0 saturated carbocycles. The van der Waals surface area contributed by atoms with Gasteiger partial charge >= 0.3 is 0 Å². The average molecular weight is 288 g/mol. The van der Waals surface area contributed by atoms with Gasteiger partial charge in [0.15, 0.2) is 0 Å². The third-order valence-corrected chi connectivity index (χ3v) is 4.01. The Labute approximate surface area is 124 Å². The highest BCUT2D eigenvalue weighted by Gasteiger charge is 2.19. The van der Waals surface area contributed by atoms with Gasteiger partial charge in [0.2, 0.25) is 0 Å². The predicted octanol–water partition coefficient (Wildman–Crippen LogP) is 3.54. The number of benzene rings is 1. The Balaban J connectivity index is 2.00. The van der Waals surface area contributed by atoms with Gasteiger partial charge in [-0.25, -0.2) is 4.98 Å². The van der Waals surface area contributed by atoms with Crippen molar-refractivity contribution in [2.24, 2.45) is 0 Å². The highest BCUT2D eigenvalue weighted by atomic mass is 35.5. The number of halogens is 1. The lowest BCUT2D eigenvalue weighted by Gasteiger charge is -2.30. The van der Waals surface area contributed by atoms with Gasteiger partial charge in [0.1, 0.15) is 5.82 Å². The van der Waals surface area contributed by atoms with Gasteiger partial charge in [0.25, 0.3) is 0 Å². The quantitative estimate of drug-likeness (QED) is 0.936. The summed E-state index contributed by atoms with van der Waals surface area (Å²) in [5.74, 6) is 0.979. The van der Waals surface area contributed by atoms with E-state index in [9.17, 15) is 0 Å². The molecular formula is C16H18ClN3. The normalized spacial score (nSPS) is 14.2. The number of para-hydroxylation sites is 1. The van der Waals surface area contributed by atoms with Crippen LogP contribution in [-0.2, 0) is 13.0 Å². The number of nitrogens with zero attached hydrogens (tertiary/aromatic N) is 2. The maximum absolute atomic E-state index is 6.19. The van der Waals surface area contributed by atoms with E-state index in [0.717, 1.165) is 37.3 Å². The first-order chi connectivity index (χ1) is 9.79. The van der Waals surface area contributed by atoms with Crippen LogP contribution in [0.25, 0.3) is 0 Å². The summed E-state index contributed by atoms with van der Waals surface area (Å²) in [7, 11) is 1.92. The molecule has 3 nitrogen and oxygen atoms in total. The number of hydrogen-bond acceptors (Lipinski definition) is 3. The molecule has 1 aromatic heterocycles. The van der Waals surface area contributed by atoms with E-state index in [-0.39, 0.29) is 0 Å². The fourth-order valence-corrected chi connectivity index (χ4v) is 2.88. The van der Waals surface area contributed by atoms with E-state index in [0.29, 0.717) is 5.02 Å². The minimum absolute atomic E-state index is 0.716. The number of anilines is 2. The van der Waals surface area contributed by atoms with Gasteiger partial charge in [-0.05, 0) is 43.1 Å². The molecule has 0 amide bonds. The van der Waals surface area contributed by atoms with Crippen molar-refractivity contribution in [1.29, 1.82) is 0 Å². The van der Waals surface area contributed by atoms with Crippen molar-refractivity contribution in [3.8, 4) is 0 Å². The average Bonchev–Trinajstić information content (AvgIpc) is 2.49. The monoisotopic (exact) mass is 287 g/mol. The Bertz CT molecular complexity index is 612. The molecular weight excluding hydrogens is 270 g/mol. The van der Waals surface area contributed by atoms with Crippen molar-refractivity contribution in [1.82, 2.24) is 10.3 Å². The molecule has 0 aliphatic carbocycles. The topological polar surface area (TPSA) is 28.2 Å². The van der Waals surface area contributed by atoms with Crippen LogP contribution in [0.1, 0.15) is 17.5 Å². The SMILES string of the molecule is CNCc1cc(N2CCCc3ccccc32)ncc1Cl. The number of fused-ring (bicyclic) bond motifs is 1. The van der Waals surface area contributed by atoms with Gasteiger partial charge in [-0.15, -0.1) is 0 Å². The molecule has 1 N–H and O–H groups in total. The van der Waals surface area contributed by atoms with Crippen molar-refractivity contribution in [2.75, 3.05) is 18.5 Å². The van der Waals surface area contributed by atoms with Gasteiger partial charge in [0.05, 0.1) is 5.02 Å². The first-order valence-electron chi connectivity index (χ1n) is 6.94. The van der Waals surface area contributed by atoms with Crippen LogP contribution in [0.2, 0.25) is 5.02 Å². The summed E-state index contributed by atoms with van der Waals surface area (Å²) < 4.78 is 0. The number of hydrogen-bond donors (Lipinski definition) is 1. The second kappa shape index (κ2) is 5.81. The van der Waals surface area contributed by atoms with E-state index in [1.807, 2.05) is 7.05 Å². The summed E-state index contributed by atoms with van der Waals surface area (Å²) in [5, 5.41) is 3.86. The number of pyridine rings is 1. The lowest BCUT2D eigenvalue weighted by atomic mass is 10.0. The van der Waals surface area contributed by atoms with Crippen molar-refractivity contribution < 1.29 is 0 Å². The summed E-state index contributed by atoms with van der Waals surface area (Å²) in [6.45, 7) is 1.76. The second-order valence-electron chi connectivity index (χ2n) is 5.05. The van der Waals surface area contributed by atoms with Crippen LogP contribution in [0, 0.1) is 0 Å². The molecule has 0 saturated heterocycles. The van der Waals surface area contributed by atoms with Crippen LogP contribution in [0.3, 0.4) is 0 Å². The largest absolute Gasteiger partial charge is 0.326 e. The first-order valence-corrected chi connectivity index (χ1v) is 7.32. The Hall–Kier alpha value is -1.58. The van der Waals surface area contributed by atoms with E-state index in [1.54, 1.807) is 6.20 Å². The van der Waals surface area contributed by atoms with Crippen LogP contribution in [0.4, 0.5) is 11.5 Å². The third kappa shape index (κ3) is 2.51. The van der Waals surface area contributed by atoms with E-state index in [4.69, 9.17) is 11.6 Å². The number of aryl methyl sites for hydroxylation is 1.